The van der Waals surface area contributed by atoms with E-state index in [2.05, 4.69) is 0 Å². The molecule has 4 nitrogen and oxygen atoms in total. The van der Waals surface area contributed by atoms with Crippen LogP contribution in [0.25, 0.3) is 0 Å². The third-order valence-electron chi connectivity index (χ3n) is 3.06. The standard InChI is InChI=1S/C13H12N2O2/c16-12-13(17)15(10-6-2-1-3-7-10)11-8-4-5-9-14(11)12/h1-3,6-8H,4-5,9H2. The minimum Gasteiger partial charge on any atom is -0.290 e. The molecule has 1 fully saturated rings. The van der Waals surface area contributed by atoms with Crippen LogP contribution in [-0.4, -0.2) is 23.3 Å². The number of hydrogen-bond acceptors (Lipinski definition) is 2. The molecule has 0 radical (unpaired) electrons. The average Bonchev–Trinajstić information content (AvgIpc) is 2.64. The fourth-order valence-corrected chi connectivity index (χ4v) is 2.26. The van der Waals surface area contributed by atoms with Crippen molar-refractivity contribution < 1.29 is 9.59 Å². The topological polar surface area (TPSA) is 40.6 Å². The van der Waals surface area contributed by atoms with Gasteiger partial charge in [0, 0.05) is 6.54 Å². The number of anilines is 1. The van der Waals surface area contributed by atoms with Gasteiger partial charge in [-0.2, -0.15) is 0 Å². The smallest absolute Gasteiger partial charge is 0.290 e. The molecule has 0 N–H and O–H groups in total. The predicted octanol–water partition coefficient (Wildman–Crippen LogP) is 1.50. The summed E-state index contributed by atoms with van der Waals surface area (Å²) in [6, 6.07) is 9.28. The molecule has 2 aliphatic rings. The molecule has 4 heteroatoms. The summed E-state index contributed by atoms with van der Waals surface area (Å²) < 4.78 is 0. The van der Waals surface area contributed by atoms with Crippen molar-refractivity contribution in [3.8, 4) is 0 Å². The zero-order valence-corrected chi connectivity index (χ0v) is 9.30. The van der Waals surface area contributed by atoms with Crippen LogP contribution in [0.2, 0.25) is 0 Å². The summed E-state index contributed by atoms with van der Waals surface area (Å²) in [6.07, 6.45) is 3.79. The molecule has 0 atom stereocenters. The molecule has 86 valence electrons. The van der Waals surface area contributed by atoms with Gasteiger partial charge in [0.05, 0.1) is 5.69 Å². The van der Waals surface area contributed by atoms with E-state index in [9.17, 15) is 9.59 Å². The number of carbonyl (C=O) groups is 2. The molecular formula is C13H12N2O2. The maximum Gasteiger partial charge on any atom is 0.322 e. The van der Waals surface area contributed by atoms with Crippen molar-refractivity contribution in [2.24, 2.45) is 0 Å². The van der Waals surface area contributed by atoms with Gasteiger partial charge in [-0.1, -0.05) is 18.2 Å². The maximum absolute atomic E-state index is 12.0. The Balaban J connectivity index is 2.07. The molecule has 1 saturated heterocycles. The summed E-state index contributed by atoms with van der Waals surface area (Å²) >= 11 is 0. The van der Waals surface area contributed by atoms with E-state index >= 15 is 0 Å². The Bertz CT molecular complexity index is 507. The highest BCUT2D eigenvalue weighted by Crippen LogP contribution is 2.30. The van der Waals surface area contributed by atoms with E-state index in [1.54, 1.807) is 4.90 Å². The lowest BCUT2D eigenvalue weighted by Gasteiger charge is -2.24. The highest BCUT2D eigenvalue weighted by atomic mass is 16.2. The second-order valence-electron chi connectivity index (χ2n) is 4.14. The average molecular weight is 228 g/mol. The highest BCUT2D eigenvalue weighted by molar-refractivity contribution is 6.44. The molecule has 0 unspecified atom stereocenters. The number of carbonyl (C=O) groups excluding carboxylic acids is 2. The molecule has 2 heterocycles. The molecule has 1 aromatic rings. The van der Waals surface area contributed by atoms with Crippen molar-refractivity contribution >= 4 is 17.5 Å². The van der Waals surface area contributed by atoms with E-state index < -0.39 is 11.8 Å². The Labute approximate surface area is 99.1 Å². The zero-order chi connectivity index (χ0) is 11.8. The van der Waals surface area contributed by atoms with Gasteiger partial charge in [-0.3, -0.25) is 19.4 Å². The molecule has 3 rings (SSSR count). The number of nitrogens with zero attached hydrogens (tertiary/aromatic N) is 2. The molecule has 2 aliphatic heterocycles. The molecule has 0 aromatic heterocycles. The van der Waals surface area contributed by atoms with Gasteiger partial charge in [-0.15, -0.1) is 0 Å². The highest BCUT2D eigenvalue weighted by Gasteiger charge is 2.42. The summed E-state index contributed by atoms with van der Waals surface area (Å²) in [6.45, 7) is 0.639. The number of fused-ring (bicyclic) bond motifs is 1. The number of rotatable bonds is 1. The first-order valence-electron chi connectivity index (χ1n) is 5.70. The van der Waals surface area contributed by atoms with Crippen LogP contribution in [0.5, 0.6) is 0 Å². The molecule has 0 spiro atoms. The molecular weight excluding hydrogens is 216 g/mol. The number of para-hydroxylation sites is 1. The second-order valence-corrected chi connectivity index (χ2v) is 4.14. The van der Waals surface area contributed by atoms with Gasteiger partial charge in [-0.25, -0.2) is 0 Å². The maximum atomic E-state index is 12.0. The van der Waals surface area contributed by atoms with Gasteiger partial charge >= 0.3 is 11.8 Å². The zero-order valence-electron chi connectivity index (χ0n) is 9.30. The van der Waals surface area contributed by atoms with Crippen LogP contribution in [0.4, 0.5) is 5.69 Å². The quantitative estimate of drug-likeness (QED) is 0.683. The Hall–Kier alpha value is -2.10. The first-order chi connectivity index (χ1) is 8.29. The third kappa shape index (κ3) is 1.45. The fraction of sp³-hybridized carbons (Fsp3) is 0.231. The predicted molar refractivity (Wildman–Crippen MR) is 63.0 cm³/mol. The van der Waals surface area contributed by atoms with E-state index in [1.165, 1.54) is 4.90 Å². The van der Waals surface area contributed by atoms with Crippen LogP contribution in [0.15, 0.2) is 42.2 Å². The summed E-state index contributed by atoms with van der Waals surface area (Å²) in [7, 11) is 0. The van der Waals surface area contributed by atoms with Crippen LogP contribution in [0.3, 0.4) is 0 Å². The normalized spacial score (nSPS) is 19.4. The van der Waals surface area contributed by atoms with Crippen molar-refractivity contribution in [3.63, 3.8) is 0 Å². The van der Waals surface area contributed by atoms with Crippen molar-refractivity contribution in [1.29, 1.82) is 0 Å². The Morgan fingerprint density at radius 3 is 2.53 bits per heavy atom. The van der Waals surface area contributed by atoms with Gasteiger partial charge < -0.3 is 0 Å². The van der Waals surface area contributed by atoms with E-state index in [4.69, 9.17) is 0 Å². The monoisotopic (exact) mass is 228 g/mol. The van der Waals surface area contributed by atoms with Gasteiger partial charge in [0.25, 0.3) is 0 Å². The van der Waals surface area contributed by atoms with Crippen LogP contribution in [-0.2, 0) is 9.59 Å². The number of allylic oxidation sites excluding steroid dienone is 1. The summed E-state index contributed by atoms with van der Waals surface area (Å²) in [5.74, 6) is -0.151. The van der Waals surface area contributed by atoms with Crippen LogP contribution < -0.4 is 4.90 Å². The van der Waals surface area contributed by atoms with E-state index in [0.29, 0.717) is 6.54 Å². The molecule has 0 saturated carbocycles. The van der Waals surface area contributed by atoms with Crippen molar-refractivity contribution in [1.82, 2.24) is 4.90 Å². The Morgan fingerprint density at radius 2 is 1.76 bits per heavy atom. The minimum atomic E-state index is -0.454. The molecule has 2 amide bonds. The van der Waals surface area contributed by atoms with Crippen LogP contribution >= 0.6 is 0 Å². The lowest BCUT2D eigenvalue weighted by molar-refractivity contribution is -0.139. The van der Waals surface area contributed by atoms with Crippen molar-refractivity contribution in [2.75, 3.05) is 11.4 Å². The third-order valence-corrected chi connectivity index (χ3v) is 3.06. The van der Waals surface area contributed by atoms with Gasteiger partial charge in [0.2, 0.25) is 0 Å². The summed E-state index contributed by atoms with van der Waals surface area (Å²) in [5.41, 5.74) is 0.751. The number of benzene rings is 1. The lowest BCUT2D eigenvalue weighted by atomic mass is 10.2. The first-order valence-corrected chi connectivity index (χ1v) is 5.70. The lowest BCUT2D eigenvalue weighted by Crippen LogP contribution is -2.29. The minimum absolute atomic E-state index is 0.417. The van der Waals surface area contributed by atoms with Crippen molar-refractivity contribution in [2.45, 2.75) is 12.8 Å². The number of amides is 2. The number of hydrogen-bond donors (Lipinski definition) is 0. The largest absolute Gasteiger partial charge is 0.322 e. The van der Waals surface area contributed by atoms with Gasteiger partial charge in [0.15, 0.2) is 0 Å². The fourth-order valence-electron chi connectivity index (χ4n) is 2.26. The second kappa shape index (κ2) is 3.73. The van der Waals surface area contributed by atoms with Crippen LogP contribution in [0.1, 0.15) is 12.8 Å². The summed E-state index contributed by atoms with van der Waals surface area (Å²) in [4.78, 5) is 26.9. The van der Waals surface area contributed by atoms with Gasteiger partial charge in [0.1, 0.15) is 5.82 Å². The first kappa shape index (κ1) is 10.1. The molecule has 0 aliphatic carbocycles. The molecule has 1 aromatic carbocycles. The van der Waals surface area contributed by atoms with Crippen molar-refractivity contribution in [3.05, 3.63) is 42.2 Å². The SMILES string of the molecule is O=C1C(=O)N(c2ccccc2)C2=CCCCN12. The Kier molecular flexibility index (Phi) is 2.21. The Morgan fingerprint density at radius 1 is 1.00 bits per heavy atom. The van der Waals surface area contributed by atoms with E-state index in [-0.39, 0.29) is 0 Å². The van der Waals surface area contributed by atoms with Gasteiger partial charge in [-0.05, 0) is 31.1 Å². The molecule has 0 bridgehead atoms. The van der Waals surface area contributed by atoms with Crippen LogP contribution in [0, 0.1) is 0 Å². The molecule has 17 heavy (non-hydrogen) atoms. The van der Waals surface area contributed by atoms with E-state index in [0.717, 1.165) is 24.4 Å². The van der Waals surface area contributed by atoms with E-state index in [1.807, 2.05) is 36.4 Å². The summed E-state index contributed by atoms with van der Waals surface area (Å²) in [5, 5.41) is 0.